The predicted octanol–water partition coefficient (Wildman–Crippen LogP) is 2.71. The molecule has 200 valence electrons. The Kier molecular flexibility index (Phi) is 8.68. The number of aromatic nitrogens is 1. The monoisotopic (exact) mass is 532 g/mol. The maximum Gasteiger partial charge on any atom is 0.491 e. The number of pyridine rings is 1. The fraction of sp³-hybridized carbons (Fsp3) is 0.208. The van der Waals surface area contributed by atoms with Gasteiger partial charge in [-0.2, -0.15) is 13.2 Å². The minimum absolute atomic E-state index is 0.179. The van der Waals surface area contributed by atoms with Crippen molar-refractivity contribution >= 4 is 46.1 Å². The molecule has 11 nitrogen and oxygen atoms in total. The summed E-state index contributed by atoms with van der Waals surface area (Å²) in [6, 6.07) is 11.8. The highest BCUT2D eigenvalue weighted by Crippen LogP contribution is 2.24. The molecule has 0 spiro atoms. The molecular weight excluding hydrogens is 509 g/mol. The minimum Gasteiger partial charge on any atom is -0.491 e. The Morgan fingerprint density at radius 3 is 2.45 bits per heavy atom. The first-order valence-corrected chi connectivity index (χ1v) is 11.0. The summed E-state index contributed by atoms with van der Waals surface area (Å²) in [4.78, 5) is 39.5. The first-order chi connectivity index (χ1) is 17.9. The van der Waals surface area contributed by atoms with Crippen LogP contribution in [0, 0.1) is 5.41 Å². The molecule has 0 saturated carbocycles. The van der Waals surface area contributed by atoms with Gasteiger partial charge in [-0.3, -0.25) is 15.0 Å². The number of amides is 1. The Labute approximate surface area is 213 Å². The van der Waals surface area contributed by atoms with Crippen LogP contribution in [0.2, 0.25) is 0 Å². The van der Waals surface area contributed by atoms with E-state index in [0.29, 0.717) is 16.8 Å². The van der Waals surface area contributed by atoms with Crippen molar-refractivity contribution < 1.29 is 37.0 Å². The van der Waals surface area contributed by atoms with Crippen molar-refractivity contribution in [3.63, 3.8) is 0 Å². The van der Waals surface area contributed by atoms with Gasteiger partial charge in [-0.15, -0.1) is 0 Å². The second kappa shape index (κ2) is 11.9. The number of nitrogens with two attached hydrogens (primary N) is 2. The van der Waals surface area contributed by atoms with Gasteiger partial charge in [-0.25, -0.2) is 9.78 Å². The first-order valence-electron chi connectivity index (χ1n) is 11.0. The van der Waals surface area contributed by atoms with Crippen LogP contribution in [-0.4, -0.2) is 47.6 Å². The molecule has 0 radical (unpaired) electrons. The minimum atomic E-state index is -5.32. The van der Waals surface area contributed by atoms with Crippen molar-refractivity contribution in [3.8, 4) is 5.75 Å². The van der Waals surface area contributed by atoms with Gasteiger partial charge in [0.2, 0.25) is 0 Å². The maximum absolute atomic E-state index is 12.8. The van der Waals surface area contributed by atoms with E-state index >= 15 is 0 Å². The Morgan fingerprint density at radius 1 is 1.08 bits per heavy atom. The molecule has 0 fully saturated rings. The van der Waals surface area contributed by atoms with Crippen LogP contribution >= 0.6 is 0 Å². The number of guanidine groups is 1. The number of rotatable bonds is 9. The number of alkyl halides is 3. The summed E-state index contributed by atoms with van der Waals surface area (Å²) >= 11 is 0. The van der Waals surface area contributed by atoms with Crippen LogP contribution in [0.1, 0.15) is 23.2 Å². The summed E-state index contributed by atoms with van der Waals surface area (Å²) in [5, 5.41) is 13.9. The van der Waals surface area contributed by atoms with E-state index in [4.69, 9.17) is 21.6 Å². The van der Waals surface area contributed by atoms with Gasteiger partial charge in [0, 0.05) is 29.3 Å². The summed E-state index contributed by atoms with van der Waals surface area (Å²) in [7, 11) is 0. The topological polar surface area (TPSA) is 183 Å². The maximum atomic E-state index is 12.8. The number of esters is 2. The second-order valence-corrected chi connectivity index (χ2v) is 7.97. The third-order valence-corrected chi connectivity index (χ3v) is 5.12. The second-order valence-electron chi connectivity index (χ2n) is 7.97. The van der Waals surface area contributed by atoms with E-state index in [1.165, 1.54) is 24.3 Å². The lowest BCUT2D eigenvalue weighted by atomic mass is 10.1. The zero-order chi connectivity index (χ0) is 27.9. The van der Waals surface area contributed by atoms with Crippen molar-refractivity contribution in [3.05, 3.63) is 60.3 Å². The van der Waals surface area contributed by atoms with Gasteiger partial charge >= 0.3 is 18.1 Å². The number of hydrogen-bond donors (Lipinski definition) is 5. The highest BCUT2D eigenvalue weighted by Gasteiger charge is 2.42. The number of hydrogen-bond acceptors (Lipinski definition) is 8. The number of fused-ring (bicyclic) bond motifs is 1. The number of anilines is 2. The van der Waals surface area contributed by atoms with E-state index in [0.717, 1.165) is 5.39 Å². The SMILES string of the molecule is N=C(N)Nc1ccc(C(=O)N[C@H](CCC(=O)OC(=O)C(F)(F)F)COc2ccc3ccnc(N)c3c2)cc1. The van der Waals surface area contributed by atoms with E-state index in [2.05, 4.69) is 20.4 Å². The van der Waals surface area contributed by atoms with Gasteiger partial charge in [-0.1, -0.05) is 6.07 Å². The van der Waals surface area contributed by atoms with Gasteiger partial charge in [-0.05, 0) is 54.3 Å². The zero-order valence-corrected chi connectivity index (χ0v) is 19.7. The molecule has 38 heavy (non-hydrogen) atoms. The zero-order valence-electron chi connectivity index (χ0n) is 19.7. The lowest BCUT2D eigenvalue weighted by Crippen LogP contribution is -2.39. The molecule has 0 aliphatic carbocycles. The van der Waals surface area contributed by atoms with Crippen molar-refractivity contribution in [1.29, 1.82) is 5.41 Å². The summed E-state index contributed by atoms with van der Waals surface area (Å²) in [6.45, 7) is -0.179. The van der Waals surface area contributed by atoms with E-state index < -0.39 is 36.5 Å². The van der Waals surface area contributed by atoms with Crippen LogP contribution in [-0.2, 0) is 14.3 Å². The lowest BCUT2D eigenvalue weighted by molar-refractivity contribution is -0.201. The smallest absolute Gasteiger partial charge is 0.491 e. The Bertz CT molecular complexity index is 1350. The van der Waals surface area contributed by atoms with Gasteiger partial charge in [0.25, 0.3) is 5.91 Å². The normalized spacial score (nSPS) is 11.9. The van der Waals surface area contributed by atoms with Gasteiger partial charge in [0.05, 0.1) is 6.04 Å². The fourth-order valence-corrected chi connectivity index (χ4v) is 3.29. The number of ether oxygens (including phenoxy) is 2. The molecule has 0 bridgehead atoms. The van der Waals surface area contributed by atoms with Crippen LogP contribution in [0.4, 0.5) is 24.7 Å². The summed E-state index contributed by atoms with van der Waals surface area (Å²) < 4.78 is 46.7. The molecule has 3 aromatic rings. The highest BCUT2D eigenvalue weighted by atomic mass is 19.4. The molecule has 2 aromatic carbocycles. The van der Waals surface area contributed by atoms with Gasteiger partial charge in [0.1, 0.15) is 18.2 Å². The highest BCUT2D eigenvalue weighted by molar-refractivity contribution is 5.96. The number of halogens is 3. The largest absolute Gasteiger partial charge is 0.491 e. The summed E-state index contributed by atoms with van der Waals surface area (Å²) in [5.74, 6) is -4.25. The van der Waals surface area contributed by atoms with Gasteiger partial charge < -0.3 is 31.6 Å². The van der Waals surface area contributed by atoms with E-state index in [1.807, 2.05) is 0 Å². The quantitative estimate of drug-likeness (QED) is 0.120. The van der Waals surface area contributed by atoms with Crippen molar-refractivity contribution in [2.24, 2.45) is 5.73 Å². The number of carbonyl (C=O) groups is 3. The standard InChI is InChI=1S/C24H23F3N6O5/c25-24(26,27)22(36)38-19(34)8-6-16(32-21(35)14-1-4-15(5-2-14)33-23(29)30)12-37-17-7-3-13-9-10-31-20(28)18(13)11-17/h1-5,7,9-11,16H,6,8,12H2,(H2,28,31)(H,32,35)(H4,29,30,33)/t16-/m1/s1. The van der Waals surface area contributed by atoms with Crippen molar-refractivity contribution in [2.75, 3.05) is 17.7 Å². The van der Waals surface area contributed by atoms with Crippen LogP contribution in [0.5, 0.6) is 5.75 Å². The van der Waals surface area contributed by atoms with Crippen molar-refractivity contribution in [2.45, 2.75) is 25.1 Å². The van der Waals surface area contributed by atoms with E-state index in [1.54, 1.807) is 30.5 Å². The Hall–Kier alpha value is -4.88. The van der Waals surface area contributed by atoms with Crippen LogP contribution in [0.25, 0.3) is 10.8 Å². The number of nitrogen functional groups attached to an aromatic ring is 1. The Balaban J connectivity index is 1.70. The Morgan fingerprint density at radius 2 is 1.79 bits per heavy atom. The molecule has 1 atom stereocenters. The fourth-order valence-electron chi connectivity index (χ4n) is 3.29. The molecule has 1 aromatic heterocycles. The van der Waals surface area contributed by atoms with Crippen LogP contribution < -0.4 is 26.8 Å². The van der Waals surface area contributed by atoms with Crippen LogP contribution in [0.3, 0.4) is 0 Å². The molecule has 7 N–H and O–H groups in total. The van der Waals surface area contributed by atoms with Gasteiger partial charge in [0.15, 0.2) is 5.96 Å². The summed E-state index contributed by atoms with van der Waals surface area (Å²) in [5.41, 5.74) is 11.8. The number of benzene rings is 2. The first kappa shape index (κ1) is 27.7. The molecule has 3 rings (SSSR count). The molecule has 0 aliphatic heterocycles. The number of nitrogens with one attached hydrogen (secondary N) is 3. The number of nitrogens with zero attached hydrogens (tertiary/aromatic N) is 1. The van der Waals surface area contributed by atoms with E-state index in [9.17, 15) is 27.6 Å². The van der Waals surface area contributed by atoms with Crippen LogP contribution in [0.15, 0.2) is 54.7 Å². The van der Waals surface area contributed by atoms with Crippen molar-refractivity contribution in [1.82, 2.24) is 10.3 Å². The molecule has 1 amide bonds. The average Bonchev–Trinajstić information content (AvgIpc) is 2.85. The third-order valence-electron chi connectivity index (χ3n) is 5.12. The molecular formula is C24H23F3N6O5. The summed E-state index contributed by atoms with van der Waals surface area (Å²) in [6.07, 6.45) is -4.57. The van der Waals surface area contributed by atoms with E-state index in [-0.39, 0.29) is 30.4 Å². The third kappa shape index (κ3) is 7.81. The molecule has 0 aliphatic rings. The number of carbonyl (C=O) groups excluding carboxylic acids is 3. The molecule has 1 heterocycles. The molecule has 0 unspecified atom stereocenters. The molecule has 14 heteroatoms. The predicted molar refractivity (Wildman–Crippen MR) is 131 cm³/mol. The molecule has 0 saturated heterocycles. The average molecular weight is 532 g/mol. The lowest BCUT2D eigenvalue weighted by Gasteiger charge is -2.19.